The van der Waals surface area contributed by atoms with E-state index in [9.17, 15) is 8.42 Å². The van der Waals surface area contributed by atoms with Crippen molar-refractivity contribution in [3.63, 3.8) is 0 Å². The van der Waals surface area contributed by atoms with Crippen molar-refractivity contribution in [2.24, 2.45) is 0 Å². The molecule has 3 nitrogen and oxygen atoms in total. The van der Waals surface area contributed by atoms with Gasteiger partial charge in [-0.05, 0) is 33.1 Å². The summed E-state index contributed by atoms with van der Waals surface area (Å²) < 4.78 is 24.8. The van der Waals surface area contributed by atoms with Gasteiger partial charge < -0.3 is 0 Å². The van der Waals surface area contributed by atoms with Gasteiger partial charge in [0.05, 0.1) is 5.25 Å². The zero-order chi connectivity index (χ0) is 9.19. The van der Waals surface area contributed by atoms with Crippen LogP contribution in [0.1, 0.15) is 26.7 Å². The lowest BCUT2D eigenvalue weighted by Gasteiger charge is -2.27. The Hall–Kier alpha value is -0.0900. The van der Waals surface area contributed by atoms with Crippen LogP contribution in [0, 0.1) is 6.42 Å². The van der Waals surface area contributed by atoms with E-state index in [0.717, 1.165) is 12.8 Å². The second-order valence-electron chi connectivity index (χ2n) is 3.38. The number of nitrogens with zero attached hydrogens (tertiary/aromatic N) is 1. The lowest BCUT2D eigenvalue weighted by molar-refractivity contribution is 0.387. The number of sulfonamides is 1. The fourth-order valence-corrected chi connectivity index (χ4v) is 2.56. The van der Waals surface area contributed by atoms with E-state index < -0.39 is 10.0 Å². The van der Waals surface area contributed by atoms with Crippen LogP contribution in [-0.4, -0.2) is 31.1 Å². The molecule has 0 atom stereocenters. The molecule has 0 aromatic rings. The van der Waals surface area contributed by atoms with Gasteiger partial charge in [0.25, 0.3) is 0 Å². The molecule has 71 valence electrons. The van der Waals surface area contributed by atoms with Crippen molar-refractivity contribution in [3.8, 4) is 0 Å². The van der Waals surface area contributed by atoms with Crippen LogP contribution in [0.4, 0.5) is 0 Å². The maximum absolute atomic E-state index is 11.6. The maximum atomic E-state index is 11.6. The number of piperidine rings is 1. The van der Waals surface area contributed by atoms with Crippen molar-refractivity contribution in [1.82, 2.24) is 4.31 Å². The van der Waals surface area contributed by atoms with Gasteiger partial charge in [0, 0.05) is 13.1 Å². The molecule has 0 unspecified atom stereocenters. The molecule has 1 fully saturated rings. The molecule has 0 amide bonds. The lowest BCUT2D eigenvalue weighted by Crippen LogP contribution is -2.39. The quantitative estimate of drug-likeness (QED) is 0.652. The molecule has 12 heavy (non-hydrogen) atoms. The minimum Gasteiger partial charge on any atom is -0.212 e. The summed E-state index contributed by atoms with van der Waals surface area (Å²) in [7, 11) is -3.00. The molecule has 0 bridgehead atoms. The molecule has 1 aliphatic heterocycles. The molecule has 0 aromatic heterocycles. The highest BCUT2D eigenvalue weighted by Crippen LogP contribution is 2.15. The minimum atomic E-state index is -3.00. The Labute approximate surface area is 74.8 Å². The second kappa shape index (κ2) is 3.75. The number of rotatable bonds is 2. The monoisotopic (exact) mass is 190 g/mol. The molecule has 1 radical (unpaired) electrons. The molecule has 1 saturated heterocycles. The maximum Gasteiger partial charge on any atom is 0.216 e. The van der Waals surface area contributed by atoms with Crippen LogP contribution in [-0.2, 0) is 10.0 Å². The van der Waals surface area contributed by atoms with E-state index in [1.807, 2.05) is 6.42 Å². The van der Waals surface area contributed by atoms with E-state index in [1.165, 1.54) is 0 Å². The first-order valence-electron chi connectivity index (χ1n) is 4.36. The van der Waals surface area contributed by atoms with E-state index in [1.54, 1.807) is 18.2 Å². The Morgan fingerprint density at radius 1 is 1.42 bits per heavy atom. The Balaban J connectivity index is 2.67. The van der Waals surface area contributed by atoms with Crippen LogP contribution >= 0.6 is 0 Å². The van der Waals surface area contributed by atoms with Gasteiger partial charge in [-0.2, -0.15) is 0 Å². The molecule has 4 heteroatoms. The lowest BCUT2D eigenvalue weighted by atomic mass is 10.2. The van der Waals surface area contributed by atoms with Gasteiger partial charge >= 0.3 is 0 Å². The summed E-state index contributed by atoms with van der Waals surface area (Å²) in [6.07, 6.45) is 4.04. The van der Waals surface area contributed by atoms with Gasteiger partial charge in [-0.1, -0.05) is 0 Å². The highest BCUT2D eigenvalue weighted by Gasteiger charge is 2.26. The first-order valence-corrected chi connectivity index (χ1v) is 5.86. The van der Waals surface area contributed by atoms with E-state index in [4.69, 9.17) is 0 Å². The fourth-order valence-electron chi connectivity index (χ4n) is 1.27. The fraction of sp³-hybridized carbons (Fsp3) is 0.875. The van der Waals surface area contributed by atoms with Gasteiger partial charge in [0.1, 0.15) is 0 Å². The predicted molar refractivity (Wildman–Crippen MR) is 49.2 cm³/mol. The third kappa shape index (κ3) is 1.98. The Bertz CT molecular complexity index is 227. The SMILES string of the molecule is CC(C)S(=O)(=O)N1C[CH]CCC1. The van der Waals surface area contributed by atoms with Crippen molar-refractivity contribution in [2.75, 3.05) is 13.1 Å². The summed E-state index contributed by atoms with van der Waals surface area (Å²) in [5, 5.41) is -0.288. The van der Waals surface area contributed by atoms with Crippen molar-refractivity contribution >= 4 is 10.0 Å². The first kappa shape index (κ1) is 9.99. The standard InChI is InChI=1S/C8H16NO2S/c1-8(2)12(10,11)9-6-4-3-5-7-9/h4,8H,3,5-7H2,1-2H3. The zero-order valence-electron chi connectivity index (χ0n) is 7.66. The van der Waals surface area contributed by atoms with Crippen molar-refractivity contribution in [3.05, 3.63) is 6.42 Å². The predicted octanol–water partition coefficient (Wildman–Crippen LogP) is 1.02. The average Bonchev–Trinajstić information content (AvgIpc) is 2.06. The Morgan fingerprint density at radius 3 is 2.50 bits per heavy atom. The summed E-state index contributed by atoms with van der Waals surface area (Å²) in [6.45, 7) is 4.74. The van der Waals surface area contributed by atoms with Gasteiger partial charge in [-0.15, -0.1) is 0 Å². The highest BCUT2D eigenvalue weighted by molar-refractivity contribution is 7.89. The highest BCUT2D eigenvalue weighted by atomic mass is 32.2. The van der Waals surface area contributed by atoms with E-state index in [2.05, 4.69) is 0 Å². The Morgan fingerprint density at radius 2 is 2.08 bits per heavy atom. The summed E-state index contributed by atoms with van der Waals surface area (Å²) in [4.78, 5) is 0. The molecule has 1 aliphatic rings. The van der Waals surface area contributed by atoms with Crippen molar-refractivity contribution in [1.29, 1.82) is 0 Å². The normalized spacial score (nSPS) is 21.6. The molecule has 0 N–H and O–H groups in total. The van der Waals surface area contributed by atoms with Crippen LogP contribution in [0.15, 0.2) is 0 Å². The van der Waals surface area contributed by atoms with Gasteiger partial charge in [0.2, 0.25) is 10.0 Å². The zero-order valence-corrected chi connectivity index (χ0v) is 8.47. The third-order valence-electron chi connectivity index (χ3n) is 2.10. The van der Waals surface area contributed by atoms with E-state index >= 15 is 0 Å². The largest absolute Gasteiger partial charge is 0.216 e. The van der Waals surface area contributed by atoms with Gasteiger partial charge in [0.15, 0.2) is 0 Å². The minimum absolute atomic E-state index is 0.288. The third-order valence-corrected chi connectivity index (χ3v) is 4.35. The molecule has 0 spiro atoms. The van der Waals surface area contributed by atoms with Crippen LogP contribution < -0.4 is 0 Å². The van der Waals surface area contributed by atoms with Crippen molar-refractivity contribution < 1.29 is 8.42 Å². The van der Waals surface area contributed by atoms with Crippen LogP contribution in [0.2, 0.25) is 0 Å². The second-order valence-corrected chi connectivity index (χ2v) is 5.87. The smallest absolute Gasteiger partial charge is 0.212 e. The van der Waals surface area contributed by atoms with Gasteiger partial charge in [-0.3, -0.25) is 0 Å². The van der Waals surface area contributed by atoms with Crippen LogP contribution in [0.25, 0.3) is 0 Å². The molecule has 0 saturated carbocycles. The summed E-state index contributed by atoms with van der Waals surface area (Å²) >= 11 is 0. The molecule has 0 aliphatic carbocycles. The summed E-state index contributed by atoms with van der Waals surface area (Å²) in [5.41, 5.74) is 0. The molecular weight excluding hydrogens is 174 g/mol. The first-order chi connectivity index (χ1) is 5.55. The number of hydrogen-bond acceptors (Lipinski definition) is 2. The Kier molecular flexibility index (Phi) is 3.12. The topological polar surface area (TPSA) is 37.4 Å². The number of hydrogen-bond donors (Lipinski definition) is 0. The van der Waals surface area contributed by atoms with Crippen LogP contribution in [0.5, 0.6) is 0 Å². The average molecular weight is 190 g/mol. The van der Waals surface area contributed by atoms with E-state index in [-0.39, 0.29) is 5.25 Å². The van der Waals surface area contributed by atoms with E-state index in [0.29, 0.717) is 13.1 Å². The van der Waals surface area contributed by atoms with Gasteiger partial charge in [-0.25, -0.2) is 12.7 Å². The summed E-state index contributed by atoms with van der Waals surface area (Å²) in [5.74, 6) is 0. The van der Waals surface area contributed by atoms with Crippen molar-refractivity contribution in [2.45, 2.75) is 31.9 Å². The molecule has 1 heterocycles. The molecular formula is C8H16NO2S. The van der Waals surface area contributed by atoms with Crippen LogP contribution in [0.3, 0.4) is 0 Å². The molecule has 1 rings (SSSR count). The molecule has 0 aromatic carbocycles. The summed E-state index contributed by atoms with van der Waals surface area (Å²) in [6, 6.07) is 0.